The molecule has 1 aromatic rings. The van der Waals surface area contributed by atoms with Gasteiger partial charge in [0.1, 0.15) is 17.9 Å². The number of benzene rings is 1. The average molecular weight is 327 g/mol. The summed E-state index contributed by atoms with van der Waals surface area (Å²) in [5.41, 5.74) is 0.528. The third kappa shape index (κ3) is 3.25. The molecule has 1 fully saturated rings. The van der Waals surface area contributed by atoms with Gasteiger partial charge in [0, 0.05) is 6.54 Å². The molecule has 1 aromatic carbocycles. The van der Waals surface area contributed by atoms with Crippen molar-refractivity contribution in [1.82, 2.24) is 10.2 Å². The van der Waals surface area contributed by atoms with E-state index in [-0.39, 0.29) is 18.9 Å². The molecule has 0 saturated carbocycles. The van der Waals surface area contributed by atoms with E-state index < -0.39 is 11.6 Å². The summed E-state index contributed by atoms with van der Waals surface area (Å²) in [4.78, 5) is 26.0. The Bertz CT molecular complexity index is 690. The molecule has 24 heavy (non-hydrogen) atoms. The minimum atomic E-state index is -1.08. The summed E-state index contributed by atoms with van der Waals surface area (Å²) >= 11 is 0. The predicted octanol–water partition coefficient (Wildman–Crippen LogP) is 2.71. The van der Waals surface area contributed by atoms with E-state index in [0.29, 0.717) is 24.3 Å². The smallest absolute Gasteiger partial charge is 0.325 e. The maximum atomic E-state index is 12.8. The Kier molecular flexibility index (Phi) is 5.24. The number of hydrogen-bond donors (Lipinski definition) is 1. The third-order valence-corrected chi connectivity index (χ3v) is 3.99. The van der Waals surface area contributed by atoms with Crippen LogP contribution in [0, 0.1) is 11.3 Å². The lowest BCUT2D eigenvalue weighted by Gasteiger charge is -2.26. The first kappa shape index (κ1) is 17.5. The number of hydrogen-bond acceptors (Lipinski definition) is 4. The molecule has 1 aliphatic heterocycles. The number of nitrogens with one attached hydrogen (secondary N) is 1. The number of urea groups is 1. The Hall–Kier alpha value is -2.81. The molecule has 0 aromatic heterocycles. The maximum Gasteiger partial charge on any atom is 0.325 e. The maximum absolute atomic E-state index is 12.8. The number of amides is 3. The van der Waals surface area contributed by atoms with Crippen LogP contribution in [-0.4, -0.2) is 30.0 Å². The zero-order valence-corrected chi connectivity index (χ0v) is 14.0. The molecule has 1 aliphatic rings. The number of rotatable bonds is 7. The van der Waals surface area contributed by atoms with Crippen molar-refractivity contribution in [2.24, 2.45) is 0 Å². The van der Waals surface area contributed by atoms with Crippen LogP contribution in [0.5, 0.6) is 5.75 Å². The summed E-state index contributed by atoms with van der Waals surface area (Å²) in [5.74, 6) is 0.354. The first-order valence-corrected chi connectivity index (χ1v) is 7.83. The number of nitriles is 1. The monoisotopic (exact) mass is 327 g/mol. The van der Waals surface area contributed by atoms with Crippen LogP contribution in [0.3, 0.4) is 0 Å². The van der Waals surface area contributed by atoms with E-state index in [1.807, 2.05) is 19.9 Å². The van der Waals surface area contributed by atoms with Crippen molar-refractivity contribution in [1.29, 1.82) is 5.26 Å². The number of imide groups is 1. The van der Waals surface area contributed by atoms with Crippen molar-refractivity contribution in [2.45, 2.75) is 32.2 Å². The highest BCUT2D eigenvalue weighted by molar-refractivity contribution is 6.07. The van der Waals surface area contributed by atoms with Crippen molar-refractivity contribution in [3.8, 4) is 11.8 Å². The van der Waals surface area contributed by atoms with Crippen LogP contribution in [0.1, 0.15) is 32.3 Å². The minimum Gasteiger partial charge on any atom is -0.489 e. The third-order valence-electron chi connectivity index (χ3n) is 3.99. The number of ether oxygens (including phenoxy) is 1. The molecule has 0 spiro atoms. The predicted molar refractivity (Wildman–Crippen MR) is 89.2 cm³/mol. The van der Waals surface area contributed by atoms with Crippen molar-refractivity contribution in [3.05, 3.63) is 42.0 Å². The van der Waals surface area contributed by atoms with Crippen molar-refractivity contribution in [3.63, 3.8) is 0 Å². The zero-order valence-electron chi connectivity index (χ0n) is 14.0. The topological polar surface area (TPSA) is 82.4 Å². The Labute approximate surface area is 141 Å². The van der Waals surface area contributed by atoms with Crippen LogP contribution >= 0.6 is 0 Å². The minimum absolute atomic E-state index is 0.0999. The fourth-order valence-electron chi connectivity index (χ4n) is 2.67. The van der Waals surface area contributed by atoms with Gasteiger partial charge in [0.15, 0.2) is 0 Å². The SMILES string of the molecule is C=C(C)COc1ccc(C2(CC)NC(=O)N(CCC#N)C2=O)cc1. The Balaban J connectivity index is 2.24. The Morgan fingerprint density at radius 2 is 2.04 bits per heavy atom. The highest BCUT2D eigenvalue weighted by atomic mass is 16.5. The molecule has 3 amide bonds. The van der Waals surface area contributed by atoms with Gasteiger partial charge in [0.25, 0.3) is 5.91 Å². The van der Waals surface area contributed by atoms with Gasteiger partial charge in [-0.25, -0.2) is 4.79 Å². The number of nitrogens with zero attached hydrogens (tertiary/aromatic N) is 2. The van der Waals surface area contributed by atoms with Gasteiger partial charge in [-0.2, -0.15) is 5.26 Å². The van der Waals surface area contributed by atoms with Crippen molar-refractivity contribution >= 4 is 11.9 Å². The van der Waals surface area contributed by atoms with E-state index in [1.165, 1.54) is 0 Å². The molecule has 126 valence electrons. The fraction of sp³-hybridized carbons (Fsp3) is 0.389. The van der Waals surface area contributed by atoms with E-state index >= 15 is 0 Å². The number of carbonyl (C=O) groups excluding carboxylic acids is 2. The highest BCUT2D eigenvalue weighted by Gasteiger charge is 2.50. The number of carbonyl (C=O) groups is 2. The van der Waals surface area contributed by atoms with E-state index in [0.717, 1.165) is 10.5 Å². The van der Waals surface area contributed by atoms with E-state index in [1.54, 1.807) is 24.3 Å². The Morgan fingerprint density at radius 3 is 2.58 bits per heavy atom. The van der Waals surface area contributed by atoms with Gasteiger partial charge in [0.2, 0.25) is 0 Å². The summed E-state index contributed by atoms with van der Waals surface area (Å²) in [7, 11) is 0. The van der Waals surface area contributed by atoms with Gasteiger partial charge in [-0.15, -0.1) is 0 Å². The molecule has 0 radical (unpaired) electrons. The van der Waals surface area contributed by atoms with Crippen LogP contribution in [0.25, 0.3) is 0 Å². The van der Waals surface area contributed by atoms with E-state index in [9.17, 15) is 9.59 Å². The first-order chi connectivity index (χ1) is 11.4. The van der Waals surface area contributed by atoms with Crippen molar-refractivity contribution < 1.29 is 14.3 Å². The molecule has 1 saturated heterocycles. The lowest BCUT2D eigenvalue weighted by Crippen LogP contribution is -2.43. The Morgan fingerprint density at radius 1 is 1.38 bits per heavy atom. The van der Waals surface area contributed by atoms with Gasteiger partial charge in [0.05, 0.1) is 12.5 Å². The standard InChI is InChI=1S/C18H21N3O3/c1-4-18(16(22)21(11-5-10-19)17(23)20-18)14-6-8-15(9-7-14)24-12-13(2)3/h6-9H,2,4-5,11-12H2,1,3H3,(H,20,23). The highest BCUT2D eigenvalue weighted by Crippen LogP contribution is 2.33. The van der Waals surface area contributed by atoms with Gasteiger partial charge < -0.3 is 10.1 Å². The summed E-state index contributed by atoms with van der Waals surface area (Å²) < 4.78 is 5.56. The van der Waals surface area contributed by atoms with Gasteiger partial charge in [-0.05, 0) is 36.6 Å². The van der Waals surface area contributed by atoms with Crippen LogP contribution < -0.4 is 10.1 Å². The molecule has 1 heterocycles. The first-order valence-electron chi connectivity index (χ1n) is 7.83. The molecule has 0 aliphatic carbocycles. The molecule has 1 unspecified atom stereocenters. The lowest BCUT2D eigenvalue weighted by molar-refractivity contribution is -0.131. The zero-order chi connectivity index (χ0) is 17.7. The van der Waals surface area contributed by atoms with Crippen LogP contribution in [0.15, 0.2) is 36.4 Å². The van der Waals surface area contributed by atoms with Gasteiger partial charge >= 0.3 is 6.03 Å². The van der Waals surface area contributed by atoms with Crippen LogP contribution in [0.4, 0.5) is 4.79 Å². The molecular weight excluding hydrogens is 306 g/mol. The molecule has 1 atom stereocenters. The summed E-state index contributed by atoms with van der Waals surface area (Å²) in [6.07, 6.45) is 0.541. The van der Waals surface area contributed by atoms with Crippen molar-refractivity contribution in [2.75, 3.05) is 13.2 Å². The quantitative estimate of drug-likeness (QED) is 0.616. The molecule has 2 rings (SSSR count). The normalized spacial score (nSPS) is 19.8. The van der Waals surface area contributed by atoms with E-state index in [2.05, 4.69) is 11.9 Å². The molecule has 1 N–H and O–H groups in total. The summed E-state index contributed by atoms with van der Waals surface area (Å²) in [5, 5.41) is 11.5. The van der Waals surface area contributed by atoms with Gasteiger partial charge in [-0.3, -0.25) is 9.69 Å². The molecule has 0 bridgehead atoms. The second-order valence-electron chi connectivity index (χ2n) is 5.82. The summed E-state index contributed by atoms with van der Waals surface area (Å²) in [6, 6.07) is 8.60. The largest absolute Gasteiger partial charge is 0.489 e. The average Bonchev–Trinajstić information content (AvgIpc) is 2.82. The lowest BCUT2D eigenvalue weighted by atomic mass is 9.87. The second-order valence-corrected chi connectivity index (χ2v) is 5.82. The molecular formula is C18H21N3O3. The summed E-state index contributed by atoms with van der Waals surface area (Å²) in [6.45, 7) is 8.03. The van der Waals surface area contributed by atoms with Crippen LogP contribution in [0.2, 0.25) is 0 Å². The van der Waals surface area contributed by atoms with Gasteiger partial charge in [-0.1, -0.05) is 25.6 Å². The molecule has 6 heteroatoms. The van der Waals surface area contributed by atoms with E-state index in [4.69, 9.17) is 10.00 Å². The second kappa shape index (κ2) is 7.18. The fourth-order valence-corrected chi connectivity index (χ4v) is 2.67. The molecule has 6 nitrogen and oxygen atoms in total. The van der Waals surface area contributed by atoms with Crippen LogP contribution in [-0.2, 0) is 10.3 Å².